The van der Waals surface area contributed by atoms with Gasteiger partial charge in [-0.05, 0) is 90.6 Å². The lowest BCUT2D eigenvalue weighted by Crippen LogP contribution is -2.53. The molecule has 0 radical (unpaired) electrons. The van der Waals surface area contributed by atoms with Gasteiger partial charge >= 0.3 is 6.09 Å². The maximum absolute atomic E-state index is 14.0. The van der Waals surface area contributed by atoms with E-state index in [0.29, 0.717) is 49.1 Å². The number of ether oxygens (including phenoxy) is 1. The molecular formula is C41H46N6O4. The Balaban J connectivity index is 1.29. The van der Waals surface area contributed by atoms with Crippen molar-refractivity contribution < 1.29 is 19.1 Å². The second-order valence-corrected chi connectivity index (χ2v) is 13.4. The second-order valence-electron chi connectivity index (χ2n) is 13.4. The number of unbranched alkanes of at least 4 members (excludes halogenated alkanes) is 1. The minimum Gasteiger partial charge on any atom is -0.449 e. The number of hydrogen-bond donors (Lipinski definition) is 4. The number of nitrogens with zero attached hydrogens (tertiary/aromatic N) is 2. The highest BCUT2D eigenvalue weighted by atomic mass is 16.5. The molecule has 10 nitrogen and oxygen atoms in total. The number of hydrogen-bond acceptors (Lipinski definition) is 7. The normalized spacial score (nSPS) is 14.8. The van der Waals surface area contributed by atoms with Crippen LogP contribution in [0.15, 0.2) is 78.4 Å². The molecule has 2 atom stereocenters. The van der Waals surface area contributed by atoms with Gasteiger partial charge in [0.05, 0.1) is 0 Å². The monoisotopic (exact) mass is 686 g/mol. The van der Waals surface area contributed by atoms with Gasteiger partial charge in [0, 0.05) is 11.6 Å². The molecule has 10 heteroatoms. The van der Waals surface area contributed by atoms with Crippen LogP contribution in [-0.2, 0) is 14.3 Å². The van der Waals surface area contributed by atoms with Crippen LogP contribution in [0.2, 0.25) is 0 Å². The Morgan fingerprint density at radius 3 is 2.16 bits per heavy atom. The van der Waals surface area contributed by atoms with E-state index in [9.17, 15) is 24.9 Å². The Morgan fingerprint density at radius 1 is 0.843 bits per heavy atom. The summed E-state index contributed by atoms with van der Waals surface area (Å²) >= 11 is 0. The first-order valence-corrected chi connectivity index (χ1v) is 17.9. The predicted molar refractivity (Wildman–Crippen MR) is 197 cm³/mol. The third kappa shape index (κ3) is 9.42. The van der Waals surface area contributed by atoms with Crippen molar-refractivity contribution in [2.75, 3.05) is 18.5 Å². The molecule has 0 saturated heterocycles. The van der Waals surface area contributed by atoms with E-state index >= 15 is 0 Å². The molecule has 3 aromatic carbocycles. The maximum atomic E-state index is 14.0. The molecule has 264 valence electrons. The van der Waals surface area contributed by atoms with E-state index in [4.69, 9.17) is 10.5 Å². The van der Waals surface area contributed by atoms with Gasteiger partial charge in [-0.25, -0.2) is 4.79 Å². The quantitative estimate of drug-likeness (QED) is 0.105. The zero-order chi connectivity index (χ0) is 36.2. The van der Waals surface area contributed by atoms with Gasteiger partial charge < -0.3 is 26.4 Å². The molecule has 2 aliphatic rings. The van der Waals surface area contributed by atoms with Gasteiger partial charge in [0.15, 0.2) is 0 Å². The number of alkyl carbamates (subject to hydrolysis) is 1. The number of fused-ring (bicyclic) bond motifs is 3. The lowest BCUT2D eigenvalue weighted by molar-refractivity contribution is -0.128. The molecule has 3 amide bonds. The SMILES string of the molecule is CC(=C(C#N)C#N)c1cccc(NC(=O)[C@H](CCCCN)NC(=O)[C@H](CC2CCCCC2)NC(=O)OCC2c3ccccc3-c3ccccc32)c1. The van der Waals surface area contributed by atoms with E-state index in [1.165, 1.54) is 0 Å². The molecular weight excluding hydrogens is 640 g/mol. The van der Waals surface area contributed by atoms with E-state index in [2.05, 4.69) is 40.2 Å². The van der Waals surface area contributed by atoms with Crippen molar-refractivity contribution in [3.8, 4) is 23.3 Å². The van der Waals surface area contributed by atoms with Gasteiger partial charge in [0.1, 0.15) is 36.4 Å². The van der Waals surface area contributed by atoms with Crippen molar-refractivity contribution >= 4 is 29.2 Å². The summed E-state index contributed by atoms with van der Waals surface area (Å²) in [6.45, 7) is 2.25. The van der Waals surface area contributed by atoms with E-state index in [1.54, 1.807) is 31.2 Å². The van der Waals surface area contributed by atoms with Crippen LogP contribution >= 0.6 is 0 Å². The fraction of sp³-hybridized carbons (Fsp3) is 0.390. The largest absolute Gasteiger partial charge is 0.449 e. The van der Waals surface area contributed by atoms with Gasteiger partial charge in [-0.1, -0.05) is 92.8 Å². The van der Waals surface area contributed by atoms with Crippen LogP contribution in [0.1, 0.15) is 87.3 Å². The van der Waals surface area contributed by atoms with E-state index in [1.807, 2.05) is 36.4 Å². The molecule has 0 spiro atoms. The van der Waals surface area contributed by atoms with Gasteiger partial charge in [0.25, 0.3) is 0 Å². The van der Waals surface area contributed by atoms with Gasteiger partial charge in [-0.2, -0.15) is 10.5 Å². The van der Waals surface area contributed by atoms with Crippen molar-refractivity contribution in [1.29, 1.82) is 10.5 Å². The Labute approximate surface area is 300 Å². The number of nitrogens with one attached hydrogen (secondary N) is 3. The average Bonchev–Trinajstić information content (AvgIpc) is 3.47. The Morgan fingerprint density at radius 2 is 1.51 bits per heavy atom. The van der Waals surface area contributed by atoms with Crippen LogP contribution in [-0.4, -0.2) is 43.1 Å². The third-order valence-electron chi connectivity index (χ3n) is 9.99. The number of carbonyl (C=O) groups is 3. The molecule has 1 fully saturated rings. The van der Waals surface area contributed by atoms with E-state index < -0.39 is 30.0 Å². The molecule has 2 aliphatic carbocycles. The zero-order valence-corrected chi connectivity index (χ0v) is 29.1. The van der Waals surface area contributed by atoms with Crippen molar-refractivity contribution in [3.05, 3.63) is 95.1 Å². The highest BCUT2D eigenvalue weighted by Crippen LogP contribution is 2.44. The number of nitrogens with two attached hydrogens (primary N) is 1. The first kappa shape index (κ1) is 36.8. The highest BCUT2D eigenvalue weighted by molar-refractivity contribution is 5.98. The van der Waals surface area contributed by atoms with E-state index in [-0.39, 0.29) is 24.0 Å². The van der Waals surface area contributed by atoms with Crippen molar-refractivity contribution in [2.45, 2.75) is 82.7 Å². The number of rotatable bonds is 14. The first-order valence-electron chi connectivity index (χ1n) is 17.9. The van der Waals surface area contributed by atoms with Crippen LogP contribution in [0, 0.1) is 28.6 Å². The first-order chi connectivity index (χ1) is 24.8. The summed E-state index contributed by atoms with van der Waals surface area (Å²) in [7, 11) is 0. The second kappa shape index (κ2) is 18.0. The highest BCUT2D eigenvalue weighted by Gasteiger charge is 2.32. The predicted octanol–water partition coefficient (Wildman–Crippen LogP) is 6.94. The van der Waals surface area contributed by atoms with Crippen LogP contribution in [0.3, 0.4) is 0 Å². The Kier molecular flexibility index (Phi) is 13.0. The van der Waals surface area contributed by atoms with Crippen molar-refractivity contribution in [1.82, 2.24) is 10.6 Å². The fourth-order valence-corrected chi connectivity index (χ4v) is 7.20. The van der Waals surface area contributed by atoms with Crippen LogP contribution < -0.4 is 21.7 Å². The minimum absolute atomic E-state index is 0.0155. The number of nitriles is 2. The minimum atomic E-state index is -0.892. The summed E-state index contributed by atoms with van der Waals surface area (Å²) in [6.07, 6.45) is 6.65. The standard InChI is InChI=1S/C41H46N6O4/c1-27(30(24-43)25-44)29-14-11-15-31(23-29)45-39(48)37(20-9-10-21-42)46-40(49)38(22-28-12-3-2-4-13-28)47-41(50)51-26-36-34-18-7-5-16-32(34)33-17-6-8-19-35(33)36/h5-8,11,14-19,23,28,36-38H,2-4,9-10,12-13,20-22,26,42H2,1H3,(H,45,48)(H,46,49)(H,47,50)/t37-,38-/m0/s1. The fourth-order valence-electron chi connectivity index (χ4n) is 7.20. The van der Waals surface area contributed by atoms with Crippen molar-refractivity contribution in [2.24, 2.45) is 11.7 Å². The number of amides is 3. The summed E-state index contributed by atoms with van der Waals surface area (Å²) in [6, 6.07) is 25.1. The van der Waals surface area contributed by atoms with Crippen molar-refractivity contribution in [3.63, 3.8) is 0 Å². The number of allylic oxidation sites excluding steroid dienone is 2. The number of carbonyl (C=O) groups excluding carboxylic acids is 3. The molecule has 0 aliphatic heterocycles. The molecule has 1 saturated carbocycles. The van der Waals surface area contributed by atoms with Crippen LogP contribution in [0.4, 0.5) is 10.5 Å². The molecule has 51 heavy (non-hydrogen) atoms. The zero-order valence-electron chi connectivity index (χ0n) is 29.1. The Bertz CT molecular complexity index is 1770. The molecule has 0 unspecified atom stereocenters. The van der Waals surface area contributed by atoms with Gasteiger partial charge in [-0.15, -0.1) is 0 Å². The number of benzene rings is 3. The molecule has 3 aromatic rings. The Hall–Kier alpha value is -5.45. The summed E-state index contributed by atoms with van der Waals surface area (Å²) in [5.74, 6) is -0.716. The van der Waals surface area contributed by atoms with Crippen LogP contribution in [0.5, 0.6) is 0 Å². The summed E-state index contributed by atoms with van der Waals surface area (Å²) < 4.78 is 5.82. The smallest absolute Gasteiger partial charge is 0.407 e. The summed E-state index contributed by atoms with van der Waals surface area (Å²) in [5, 5.41) is 27.3. The molecule has 0 bridgehead atoms. The summed E-state index contributed by atoms with van der Waals surface area (Å²) in [4.78, 5) is 41.0. The van der Waals surface area contributed by atoms with E-state index in [0.717, 1.165) is 54.4 Å². The topological polar surface area (TPSA) is 170 Å². The maximum Gasteiger partial charge on any atom is 0.407 e. The summed E-state index contributed by atoms with van der Waals surface area (Å²) in [5.41, 5.74) is 11.8. The molecule has 5 rings (SSSR count). The average molecular weight is 687 g/mol. The molecule has 0 aromatic heterocycles. The molecule has 0 heterocycles. The van der Waals surface area contributed by atoms with Crippen LogP contribution in [0.25, 0.3) is 16.7 Å². The third-order valence-corrected chi connectivity index (χ3v) is 9.99. The lowest BCUT2D eigenvalue weighted by Gasteiger charge is -2.28. The van der Waals surface area contributed by atoms with Gasteiger partial charge in [-0.3, -0.25) is 9.59 Å². The van der Waals surface area contributed by atoms with Gasteiger partial charge in [0.2, 0.25) is 11.8 Å². The number of anilines is 1. The lowest BCUT2D eigenvalue weighted by atomic mass is 9.84. The molecule has 5 N–H and O–H groups in total.